The molecule has 22 heavy (non-hydrogen) atoms. The normalized spacial score (nSPS) is 16.2. The summed E-state index contributed by atoms with van der Waals surface area (Å²) in [5, 5.41) is 8.04. The molecular formula is C14H17ClN4O2S. The Hall–Kier alpha value is -1.44. The number of rotatable bonds is 4. The van der Waals surface area contributed by atoms with Gasteiger partial charge in [-0.1, -0.05) is 11.6 Å². The molecule has 0 spiro atoms. The van der Waals surface area contributed by atoms with Gasteiger partial charge < -0.3 is 14.2 Å². The number of hydrogen-bond acceptors (Lipinski definition) is 5. The number of halogens is 1. The number of carbonyl (C=O) groups excluding carboxylic acids is 1. The van der Waals surface area contributed by atoms with Crippen molar-refractivity contribution in [3.63, 3.8) is 0 Å². The molecule has 0 radical (unpaired) electrons. The Morgan fingerprint density at radius 2 is 2.23 bits per heavy atom. The Morgan fingerprint density at radius 3 is 2.86 bits per heavy atom. The zero-order valence-corrected chi connectivity index (χ0v) is 13.8. The lowest BCUT2D eigenvalue weighted by atomic mass is 10.0. The first kappa shape index (κ1) is 15.5. The first-order chi connectivity index (χ1) is 10.7. The van der Waals surface area contributed by atoms with Crippen LogP contribution in [0.5, 0.6) is 0 Å². The van der Waals surface area contributed by atoms with E-state index in [4.69, 9.17) is 16.3 Å². The van der Waals surface area contributed by atoms with Crippen LogP contribution in [0.15, 0.2) is 18.5 Å². The number of thiophene rings is 1. The van der Waals surface area contributed by atoms with Crippen molar-refractivity contribution in [1.82, 2.24) is 19.7 Å². The maximum absolute atomic E-state index is 12.4. The predicted octanol–water partition coefficient (Wildman–Crippen LogP) is 2.62. The minimum Gasteiger partial charge on any atom is -0.377 e. The van der Waals surface area contributed by atoms with E-state index in [1.165, 1.54) is 11.3 Å². The van der Waals surface area contributed by atoms with Gasteiger partial charge in [0.15, 0.2) is 5.82 Å². The van der Waals surface area contributed by atoms with Crippen molar-refractivity contribution in [1.29, 1.82) is 0 Å². The molecule has 6 nitrogen and oxygen atoms in total. The van der Waals surface area contributed by atoms with E-state index in [0.29, 0.717) is 21.9 Å². The summed E-state index contributed by atoms with van der Waals surface area (Å²) in [6.07, 6.45) is 3.52. The Labute approximate surface area is 137 Å². The maximum atomic E-state index is 12.4. The highest BCUT2D eigenvalue weighted by molar-refractivity contribution is 7.17. The molecule has 3 rings (SSSR count). The second kappa shape index (κ2) is 6.76. The smallest absolute Gasteiger partial charge is 0.263 e. The number of ether oxygens (including phenoxy) is 1. The van der Waals surface area contributed by atoms with Gasteiger partial charge in [0, 0.05) is 26.2 Å². The van der Waals surface area contributed by atoms with Gasteiger partial charge in [-0.25, -0.2) is 0 Å². The summed E-state index contributed by atoms with van der Waals surface area (Å²) in [5.41, 5.74) is 0. The Balaban J connectivity index is 1.62. The Bertz CT molecular complexity index is 649. The zero-order chi connectivity index (χ0) is 15.5. The molecule has 1 aliphatic rings. The summed E-state index contributed by atoms with van der Waals surface area (Å²) in [6, 6.07) is 3.87. The van der Waals surface area contributed by atoms with E-state index in [1.54, 1.807) is 25.6 Å². The van der Waals surface area contributed by atoms with Crippen LogP contribution in [0.25, 0.3) is 0 Å². The van der Waals surface area contributed by atoms with Crippen LogP contribution in [0.4, 0.5) is 0 Å². The van der Waals surface area contributed by atoms with E-state index in [9.17, 15) is 4.79 Å². The van der Waals surface area contributed by atoms with Crippen LogP contribution in [0.2, 0.25) is 4.34 Å². The van der Waals surface area contributed by atoms with E-state index < -0.39 is 0 Å². The molecule has 0 bridgehead atoms. The topological polar surface area (TPSA) is 60.3 Å². The van der Waals surface area contributed by atoms with Gasteiger partial charge in [-0.15, -0.1) is 21.5 Å². The summed E-state index contributed by atoms with van der Waals surface area (Å²) in [7, 11) is 1.65. The van der Waals surface area contributed by atoms with Gasteiger partial charge in [0.2, 0.25) is 0 Å². The standard InChI is InChI=1S/C14H17ClN4O2S/c1-21-8-13-17-16-9-19(13)10-4-6-18(7-5-10)14(20)11-2-3-12(15)22-11/h2-3,9-10H,4-8H2,1H3. The van der Waals surface area contributed by atoms with Gasteiger partial charge in [-0.2, -0.15) is 0 Å². The summed E-state index contributed by atoms with van der Waals surface area (Å²) in [6.45, 7) is 1.90. The highest BCUT2D eigenvalue weighted by Crippen LogP contribution is 2.27. The molecule has 0 saturated carbocycles. The van der Waals surface area contributed by atoms with Crippen LogP contribution in [0.3, 0.4) is 0 Å². The molecule has 8 heteroatoms. The van der Waals surface area contributed by atoms with E-state index in [0.717, 1.165) is 31.8 Å². The number of likely N-dealkylation sites (tertiary alicyclic amines) is 1. The first-order valence-corrected chi connectivity index (χ1v) is 8.30. The van der Waals surface area contributed by atoms with Crippen molar-refractivity contribution in [2.24, 2.45) is 0 Å². The third-order valence-electron chi connectivity index (χ3n) is 3.85. The number of aromatic nitrogens is 3. The van der Waals surface area contributed by atoms with E-state index >= 15 is 0 Å². The van der Waals surface area contributed by atoms with E-state index in [1.807, 2.05) is 4.90 Å². The molecule has 1 fully saturated rings. The quantitative estimate of drug-likeness (QED) is 0.858. The number of hydrogen-bond donors (Lipinski definition) is 0. The average molecular weight is 341 g/mol. The number of carbonyl (C=O) groups is 1. The second-order valence-electron chi connectivity index (χ2n) is 5.21. The molecule has 118 valence electrons. The fourth-order valence-corrected chi connectivity index (χ4v) is 3.75. The van der Waals surface area contributed by atoms with Crippen molar-refractivity contribution in [2.45, 2.75) is 25.5 Å². The highest BCUT2D eigenvalue weighted by Gasteiger charge is 2.26. The van der Waals surface area contributed by atoms with Gasteiger partial charge in [-0.05, 0) is 25.0 Å². The SMILES string of the molecule is COCc1nncn1C1CCN(C(=O)c2ccc(Cl)s2)CC1. The third-order valence-corrected chi connectivity index (χ3v) is 5.07. The Morgan fingerprint density at radius 1 is 1.45 bits per heavy atom. The molecule has 3 heterocycles. The van der Waals surface area contributed by atoms with E-state index in [-0.39, 0.29) is 5.91 Å². The molecule has 0 aromatic carbocycles. The van der Waals surface area contributed by atoms with Crippen molar-refractivity contribution >= 4 is 28.8 Å². The number of methoxy groups -OCH3 is 1. The Kier molecular flexibility index (Phi) is 4.75. The largest absolute Gasteiger partial charge is 0.377 e. The molecule has 2 aromatic heterocycles. The van der Waals surface area contributed by atoms with Gasteiger partial charge in [0.05, 0.1) is 9.21 Å². The lowest BCUT2D eigenvalue weighted by Gasteiger charge is -2.32. The van der Waals surface area contributed by atoms with Gasteiger partial charge in [0.25, 0.3) is 5.91 Å². The molecule has 1 saturated heterocycles. The average Bonchev–Trinajstić information content (AvgIpc) is 3.16. The molecule has 0 atom stereocenters. The maximum Gasteiger partial charge on any atom is 0.263 e. The number of nitrogens with zero attached hydrogens (tertiary/aromatic N) is 4. The van der Waals surface area contributed by atoms with Crippen LogP contribution in [0, 0.1) is 0 Å². The molecule has 2 aromatic rings. The fraction of sp³-hybridized carbons (Fsp3) is 0.500. The van der Waals surface area contributed by atoms with Crippen molar-refractivity contribution < 1.29 is 9.53 Å². The first-order valence-electron chi connectivity index (χ1n) is 7.11. The summed E-state index contributed by atoms with van der Waals surface area (Å²) in [4.78, 5) is 15.0. The zero-order valence-electron chi connectivity index (χ0n) is 12.2. The van der Waals surface area contributed by atoms with E-state index in [2.05, 4.69) is 14.8 Å². The van der Waals surface area contributed by atoms with Gasteiger partial charge in [0.1, 0.15) is 12.9 Å². The van der Waals surface area contributed by atoms with Crippen LogP contribution < -0.4 is 0 Å². The van der Waals surface area contributed by atoms with Crippen LogP contribution in [-0.4, -0.2) is 45.8 Å². The van der Waals surface area contributed by atoms with Gasteiger partial charge >= 0.3 is 0 Å². The third kappa shape index (κ3) is 3.16. The van der Waals surface area contributed by atoms with Crippen molar-refractivity contribution in [3.8, 4) is 0 Å². The van der Waals surface area contributed by atoms with Crippen LogP contribution in [-0.2, 0) is 11.3 Å². The lowest BCUT2D eigenvalue weighted by Crippen LogP contribution is -2.39. The summed E-state index contributed by atoms with van der Waals surface area (Å²) in [5.74, 6) is 0.897. The van der Waals surface area contributed by atoms with Crippen molar-refractivity contribution in [3.05, 3.63) is 33.5 Å². The molecule has 1 aliphatic heterocycles. The molecular weight excluding hydrogens is 324 g/mol. The van der Waals surface area contributed by atoms with Crippen molar-refractivity contribution in [2.75, 3.05) is 20.2 Å². The minimum absolute atomic E-state index is 0.0659. The molecule has 0 unspecified atom stereocenters. The predicted molar refractivity (Wildman–Crippen MR) is 84.2 cm³/mol. The number of amides is 1. The fourth-order valence-electron chi connectivity index (χ4n) is 2.74. The van der Waals surface area contributed by atoms with Crippen LogP contribution in [0.1, 0.15) is 34.4 Å². The summed E-state index contributed by atoms with van der Waals surface area (Å²) >= 11 is 7.23. The highest BCUT2D eigenvalue weighted by atomic mass is 35.5. The minimum atomic E-state index is 0.0659. The molecule has 1 amide bonds. The van der Waals surface area contributed by atoms with Gasteiger partial charge in [-0.3, -0.25) is 4.79 Å². The summed E-state index contributed by atoms with van der Waals surface area (Å²) < 4.78 is 7.85. The molecule has 0 N–H and O–H groups in total. The molecule has 0 aliphatic carbocycles. The lowest BCUT2D eigenvalue weighted by molar-refractivity contribution is 0.0695. The monoisotopic (exact) mass is 340 g/mol. The number of piperidine rings is 1. The second-order valence-corrected chi connectivity index (χ2v) is 6.93. The van der Waals surface area contributed by atoms with Crippen LogP contribution >= 0.6 is 22.9 Å².